The van der Waals surface area contributed by atoms with Crippen LogP contribution in [0.2, 0.25) is 0 Å². The molecule has 1 aromatic carbocycles. The number of benzene rings is 1. The zero-order valence-electron chi connectivity index (χ0n) is 13.0. The molecule has 2 aliphatic carbocycles. The molecule has 122 valence electrons. The molecular formula is C18H21NO4. The maximum absolute atomic E-state index is 12.7. The van der Waals surface area contributed by atoms with Crippen molar-refractivity contribution in [3.63, 3.8) is 0 Å². The molecule has 1 aromatic rings. The molecule has 0 radical (unpaired) electrons. The summed E-state index contributed by atoms with van der Waals surface area (Å²) in [6.07, 6.45) is 3.78. The van der Waals surface area contributed by atoms with E-state index >= 15 is 0 Å². The number of carboxylic acids is 1. The number of hydrogen-bond donors (Lipinski definition) is 2. The van der Waals surface area contributed by atoms with E-state index in [-0.39, 0.29) is 17.2 Å². The maximum Gasteiger partial charge on any atom is 0.334 e. The molecule has 1 aliphatic heterocycles. The van der Waals surface area contributed by atoms with Crippen LogP contribution in [0.3, 0.4) is 0 Å². The maximum atomic E-state index is 12.7. The van der Waals surface area contributed by atoms with Crippen molar-refractivity contribution in [1.29, 1.82) is 0 Å². The van der Waals surface area contributed by atoms with Gasteiger partial charge >= 0.3 is 5.97 Å². The lowest BCUT2D eigenvalue weighted by atomic mass is 9.90. The van der Waals surface area contributed by atoms with Crippen molar-refractivity contribution >= 4 is 11.9 Å². The molecule has 5 nitrogen and oxygen atoms in total. The Morgan fingerprint density at radius 1 is 1.17 bits per heavy atom. The van der Waals surface area contributed by atoms with Gasteiger partial charge in [0.1, 0.15) is 0 Å². The molecule has 0 bridgehead atoms. The van der Waals surface area contributed by atoms with Gasteiger partial charge in [-0.15, -0.1) is 0 Å². The number of amides is 1. The highest BCUT2D eigenvalue weighted by atomic mass is 16.5. The highest BCUT2D eigenvalue weighted by Gasteiger charge is 2.59. The van der Waals surface area contributed by atoms with Crippen molar-refractivity contribution < 1.29 is 19.4 Å². The Labute approximate surface area is 135 Å². The molecule has 2 N–H and O–H groups in total. The van der Waals surface area contributed by atoms with Crippen LogP contribution in [0.25, 0.3) is 0 Å². The highest BCUT2D eigenvalue weighted by molar-refractivity contribution is 5.91. The Morgan fingerprint density at radius 3 is 2.65 bits per heavy atom. The summed E-state index contributed by atoms with van der Waals surface area (Å²) in [4.78, 5) is 24.7. The first-order valence-electron chi connectivity index (χ1n) is 8.29. The van der Waals surface area contributed by atoms with Crippen LogP contribution in [0.4, 0.5) is 0 Å². The van der Waals surface area contributed by atoms with Gasteiger partial charge in [0, 0.05) is 19.1 Å². The zero-order valence-corrected chi connectivity index (χ0v) is 13.0. The number of ether oxygens (including phenoxy) is 1. The summed E-state index contributed by atoms with van der Waals surface area (Å²) in [6.45, 7) is 1.41. The summed E-state index contributed by atoms with van der Waals surface area (Å²) in [5.74, 6) is -1.13. The minimum absolute atomic E-state index is 0.0557. The average molecular weight is 315 g/mol. The second-order valence-electron chi connectivity index (χ2n) is 7.09. The number of fused-ring (bicyclic) bond motifs is 1. The number of carbonyl (C=O) groups excluding carboxylic acids is 1. The van der Waals surface area contributed by atoms with Gasteiger partial charge in [-0.25, -0.2) is 4.79 Å². The Morgan fingerprint density at radius 2 is 1.91 bits per heavy atom. The van der Waals surface area contributed by atoms with Crippen molar-refractivity contribution in [3.8, 4) is 0 Å². The summed E-state index contributed by atoms with van der Waals surface area (Å²) >= 11 is 0. The first-order chi connectivity index (χ1) is 11.1. The Hall–Kier alpha value is -1.88. The quantitative estimate of drug-likeness (QED) is 0.892. The third-order valence-electron chi connectivity index (χ3n) is 5.94. The summed E-state index contributed by atoms with van der Waals surface area (Å²) in [7, 11) is 0. The van der Waals surface area contributed by atoms with Crippen LogP contribution in [-0.4, -0.2) is 30.2 Å². The number of aliphatic carboxylic acids is 1. The fourth-order valence-electron chi connectivity index (χ4n) is 4.36. The summed E-state index contributed by atoms with van der Waals surface area (Å²) in [5, 5.41) is 12.7. The molecular weight excluding hydrogens is 294 g/mol. The molecule has 2 atom stereocenters. The van der Waals surface area contributed by atoms with E-state index in [4.69, 9.17) is 4.74 Å². The van der Waals surface area contributed by atoms with Crippen LogP contribution < -0.4 is 5.32 Å². The lowest BCUT2D eigenvalue weighted by molar-refractivity contribution is -0.148. The van der Waals surface area contributed by atoms with Gasteiger partial charge in [-0.05, 0) is 48.6 Å². The zero-order chi connectivity index (χ0) is 16.1. The molecule has 2 unspecified atom stereocenters. The van der Waals surface area contributed by atoms with E-state index in [0.29, 0.717) is 26.1 Å². The van der Waals surface area contributed by atoms with Crippen molar-refractivity contribution in [1.82, 2.24) is 5.32 Å². The average Bonchev–Trinajstić information content (AvgIpc) is 3.11. The molecule has 0 aromatic heterocycles. The van der Waals surface area contributed by atoms with Gasteiger partial charge in [-0.1, -0.05) is 24.3 Å². The van der Waals surface area contributed by atoms with E-state index in [1.807, 2.05) is 24.3 Å². The van der Waals surface area contributed by atoms with Crippen molar-refractivity contribution in [2.75, 3.05) is 13.2 Å². The minimum Gasteiger partial charge on any atom is -0.479 e. The number of carbonyl (C=O) groups is 2. The number of aryl methyl sites for hydroxylation is 1. The molecule has 1 saturated heterocycles. The third-order valence-corrected chi connectivity index (χ3v) is 5.94. The Bertz CT molecular complexity index is 665. The van der Waals surface area contributed by atoms with E-state index < -0.39 is 11.5 Å². The number of nitrogens with one attached hydrogen (secondary N) is 1. The van der Waals surface area contributed by atoms with Gasteiger partial charge < -0.3 is 15.2 Å². The lowest BCUT2D eigenvalue weighted by Gasteiger charge is -2.28. The van der Waals surface area contributed by atoms with Crippen molar-refractivity contribution in [3.05, 3.63) is 35.4 Å². The van der Waals surface area contributed by atoms with Crippen LogP contribution in [0.1, 0.15) is 36.8 Å². The minimum atomic E-state index is -1.26. The van der Waals surface area contributed by atoms with E-state index in [0.717, 1.165) is 30.4 Å². The van der Waals surface area contributed by atoms with Gasteiger partial charge in [-0.3, -0.25) is 4.79 Å². The van der Waals surface area contributed by atoms with Gasteiger partial charge in [0.15, 0.2) is 5.54 Å². The highest BCUT2D eigenvalue weighted by Crippen LogP contribution is 2.59. The summed E-state index contributed by atoms with van der Waals surface area (Å²) < 4.78 is 5.39. The fraction of sp³-hybridized carbons (Fsp3) is 0.556. The smallest absolute Gasteiger partial charge is 0.334 e. The molecule has 23 heavy (non-hydrogen) atoms. The van der Waals surface area contributed by atoms with Crippen LogP contribution in [-0.2, 0) is 26.3 Å². The lowest BCUT2D eigenvalue weighted by Crippen LogP contribution is -2.51. The third kappa shape index (κ3) is 2.17. The first kappa shape index (κ1) is 14.7. The number of rotatable bonds is 3. The normalized spacial score (nSPS) is 30.7. The van der Waals surface area contributed by atoms with Crippen LogP contribution in [0, 0.1) is 11.3 Å². The van der Waals surface area contributed by atoms with Gasteiger partial charge in [0.2, 0.25) is 5.91 Å². The van der Waals surface area contributed by atoms with Gasteiger partial charge in [0.25, 0.3) is 0 Å². The van der Waals surface area contributed by atoms with Crippen molar-refractivity contribution in [2.45, 2.75) is 37.6 Å². The largest absolute Gasteiger partial charge is 0.479 e. The second kappa shape index (κ2) is 5.06. The Balaban J connectivity index is 1.57. The standard InChI is InChI=1S/C18H21NO4/c20-15(14-11-17(14)7-9-23-10-8-17)19-18(16(21)22)6-5-12-3-1-2-4-13(12)18/h1-4,14H,5-11H2,(H,19,20)(H,21,22). The molecule has 1 amide bonds. The fourth-order valence-corrected chi connectivity index (χ4v) is 4.36. The van der Waals surface area contributed by atoms with E-state index in [1.54, 1.807) is 0 Å². The molecule has 2 fully saturated rings. The van der Waals surface area contributed by atoms with Gasteiger partial charge in [0.05, 0.1) is 0 Å². The predicted octanol–water partition coefficient (Wildman–Crippen LogP) is 1.85. The molecule has 1 spiro atoms. The Kier molecular flexibility index (Phi) is 3.23. The predicted molar refractivity (Wildman–Crippen MR) is 82.8 cm³/mol. The van der Waals surface area contributed by atoms with Gasteiger partial charge in [-0.2, -0.15) is 0 Å². The molecule has 1 saturated carbocycles. The van der Waals surface area contributed by atoms with Crippen LogP contribution in [0.5, 0.6) is 0 Å². The monoisotopic (exact) mass is 315 g/mol. The van der Waals surface area contributed by atoms with Crippen molar-refractivity contribution in [2.24, 2.45) is 11.3 Å². The topological polar surface area (TPSA) is 75.6 Å². The number of carboxylic acid groups (broad SMARTS) is 1. The summed E-state index contributed by atoms with van der Waals surface area (Å²) in [5.41, 5.74) is 0.553. The first-order valence-corrected chi connectivity index (χ1v) is 8.29. The summed E-state index contributed by atoms with van der Waals surface area (Å²) in [6, 6.07) is 7.53. The molecule has 4 rings (SSSR count). The molecule has 5 heteroatoms. The van der Waals surface area contributed by atoms with E-state index in [9.17, 15) is 14.7 Å². The second-order valence-corrected chi connectivity index (χ2v) is 7.09. The molecule has 3 aliphatic rings. The van der Waals surface area contributed by atoms with E-state index in [1.165, 1.54) is 0 Å². The van der Waals surface area contributed by atoms with E-state index in [2.05, 4.69) is 5.32 Å². The molecule has 1 heterocycles. The van der Waals surface area contributed by atoms with Crippen LogP contribution in [0.15, 0.2) is 24.3 Å². The number of hydrogen-bond acceptors (Lipinski definition) is 3. The SMILES string of the molecule is O=C(NC1(C(=O)O)CCc2ccccc21)C1CC12CCOCC2. The van der Waals surface area contributed by atoms with Crippen LogP contribution >= 0.6 is 0 Å².